The summed E-state index contributed by atoms with van der Waals surface area (Å²) in [6, 6.07) is 27.4. The van der Waals surface area contributed by atoms with E-state index in [0.29, 0.717) is 0 Å². The van der Waals surface area contributed by atoms with Gasteiger partial charge < -0.3 is 19.7 Å². The molecule has 34 heavy (non-hydrogen) atoms. The molecular weight excluding hydrogens is 424 g/mol. The summed E-state index contributed by atoms with van der Waals surface area (Å²) in [5, 5.41) is 20.4. The number of allylic oxidation sites excluding steroid dienone is 1. The Bertz CT molecular complexity index is 1300. The van der Waals surface area contributed by atoms with Gasteiger partial charge in [-0.2, -0.15) is 0 Å². The van der Waals surface area contributed by atoms with Gasteiger partial charge in [-0.15, -0.1) is 0 Å². The molecule has 0 aliphatic rings. The van der Waals surface area contributed by atoms with E-state index in [1.165, 1.54) is 0 Å². The third-order valence-electron chi connectivity index (χ3n) is 5.45. The summed E-state index contributed by atoms with van der Waals surface area (Å²) in [4.78, 5) is 0. The van der Waals surface area contributed by atoms with E-state index < -0.39 is 6.10 Å². The van der Waals surface area contributed by atoms with Gasteiger partial charge in [0.05, 0.1) is 12.7 Å². The van der Waals surface area contributed by atoms with Crippen LogP contribution in [0.1, 0.15) is 25.0 Å². The number of rotatable bonds is 8. The molecule has 172 valence electrons. The van der Waals surface area contributed by atoms with Crippen molar-refractivity contribution in [1.82, 2.24) is 0 Å². The van der Waals surface area contributed by atoms with Gasteiger partial charge in [-0.05, 0) is 66.9 Å². The van der Waals surface area contributed by atoms with Crippen molar-refractivity contribution < 1.29 is 19.7 Å². The van der Waals surface area contributed by atoms with Crippen LogP contribution in [0, 0.1) is 0 Å². The Labute approximate surface area is 200 Å². The first-order chi connectivity index (χ1) is 16.5. The molecule has 0 bridgehead atoms. The molecule has 0 aliphatic heterocycles. The Hall–Kier alpha value is -3.86. The van der Waals surface area contributed by atoms with Gasteiger partial charge in [0.15, 0.2) is 0 Å². The predicted molar refractivity (Wildman–Crippen MR) is 138 cm³/mol. The molecule has 0 fully saturated rings. The van der Waals surface area contributed by atoms with Gasteiger partial charge in [-0.25, -0.2) is 0 Å². The van der Waals surface area contributed by atoms with Crippen LogP contribution < -0.4 is 9.47 Å². The molecule has 4 heteroatoms. The summed E-state index contributed by atoms with van der Waals surface area (Å²) in [7, 11) is 0. The lowest BCUT2D eigenvalue weighted by Crippen LogP contribution is -1.91. The molecule has 4 rings (SSSR count). The zero-order valence-corrected chi connectivity index (χ0v) is 19.3. The summed E-state index contributed by atoms with van der Waals surface area (Å²) in [5.41, 5.74) is 3.06. The van der Waals surface area contributed by atoms with Crippen LogP contribution in [0.25, 0.3) is 22.4 Å². The summed E-state index contributed by atoms with van der Waals surface area (Å²) < 4.78 is 12.4. The smallest absolute Gasteiger partial charge is 0.135 e. The second-order valence-corrected chi connectivity index (χ2v) is 8.07. The number of fused-ring (bicyclic) bond motifs is 1. The van der Waals surface area contributed by atoms with Crippen LogP contribution in [0.3, 0.4) is 0 Å². The van der Waals surface area contributed by atoms with Crippen LogP contribution in [-0.4, -0.2) is 22.9 Å². The molecule has 0 saturated carbocycles. The van der Waals surface area contributed by atoms with E-state index in [9.17, 15) is 5.11 Å². The normalized spacial score (nSPS) is 12.8. The topological polar surface area (TPSA) is 58.9 Å². The van der Waals surface area contributed by atoms with Gasteiger partial charge in [-0.1, -0.05) is 66.8 Å². The standard InChI is InChI=1S/C30H28O4/c1-21(19-20-31)24-13-17-26(18-14-24)34-30-8-4-5-27-28(30)6-3-7-29(27)33-25-15-11-23(12-16-25)10-9-22(2)32/h3-19,22,31-32H,20H2,1-2H3. The van der Waals surface area contributed by atoms with Crippen LogP contribution >= 0.6 is 0 Å². The predicted octanol–water partition coefficient (Wildman–Crippen LogP) is 7.21. The maximum Gasteiger partial charge on any atom is 0.135 e. The number of benzene rings is 4. The van der Waals surface area contributed by atoms with Crippen LogP contribution in [-0.2, 0) is 0 Å². The molecular formula is C30H28O4. The van der Waals surface area contributed by atoms with Crippen LogP contribution in [0.5, 0.6) is 23.0 Å². The van der Waals surface area contributed by atoms with Crippen molar-refractivity contribution in [2.75, 3.05) is 6.61 Å². The van der Waals surface area contributed by atoms with Gasteiger partial charge >= 0.3 is 0 Å². The zero-order chi connectivity index (χ0) is 23.9. The highest BCUT2D eigenvalue weighted by molar-refractivity contribution is 5.93. The van der Waals surface area contributed by atoms with E-state index in [1.54, 1.807) is 19.1 Å². The number of hydrogen-bond acceptors (Lipinski definition) is 4. The molecule has 0 spiro atoms. The molecule has 4 aromatic carbocycles. The molecule has 1 unspecified atom stereocenters. The first-order valence-corrected chi connectivity index (χ1v) is 11.3. The van der Waals surface area contributed by atoms with Gasteiger partial charge in [0.2, 0.25) is 0 Å². The third kappa shape index (κ3) is 5.73. The molecule has 0 saturated heterocycles. The lowest BCUT2D eigenvalue weighted by molar-refractivity contribution is 0.245. The Morgan fingerprint density at radius 2 is 1.32 bits per heavy atom. The molecule has 4 nitrogen and oxygen atoms in total. The summed E-state index contributed by atoms with van der Waals surface area (Å²) in [6.07, 6.45) is 4.92. The lowest BCUT2D eigenvalue weighted by Gasteiger charge is -2.13. The first-order valence-electron chi connectivity index (χ1n) is 11.3. The number of aliphatic hydroxyl groups excluding tert-OH is 2. The van der Waals surface area contributed by atoms with Crippen molar-refractivity contribution >= 4 is 22.4 Å². The van der Waals surface area contributed by atoms with E-state index in [2.05, 4.69) is 0 Å². The first kappa shape index (κ1) is 23.3. The monoisotopic (exact) mass is 452 g/mol. The highest BCUT2D eigenvalue weighted by atomic mass is 16.5. The Balaban J connectivity index is 1.56. The van der Waals surface area contributed by atoms with E-state index in [0.717, 1.165) is 50.5 Å². The van der Waals surface area contributed by atoms with E-state index in [1.807, 2.05) is 97.9 Å². The van der Waals surface area contributed by atoms with Crippen LogP contribution in [0.15, 0.2) is 97.1 Å². The molecule has 0 heterocycles. The maximum atomic E-state index is 9.40. The molecule has 1 atom stereocenters. The van der Waals surface area contributed by atoms with E-state index in [-0.39, 0.29) is 6.61 Å². The van der Waals surface area contributed by atoms with E-state index in [4.69, 9.17) is 14.6 Å². The van der Waals surface area contributed by atoms with Gasteiger partial charge in [0, 0.05) is 10.8 Å². The minimum absolute atomic E-state index is 0.0225. The fourth-order valence-corrected chi connectivity index (χ4v) is 3.62. The Morgan fingerprint density at radius 1 is 0.794 bits per heavy atom. The quantitative estimate of drug-likeness (QED) is 0.296. The summed E-state index contributed by atoms with van der Waals surface area (Å²) >= 11 is 0. The van der Waals surface area contributed by atoms with Crippen molar-refractivity contribution in [2.24, 2.45) is 0 Å². The molecule has 0 aliphatic carbocycles. The van der Waals surface area contributed by atoms with Crippen LogP contribution in [0.4, 0.5) is 0 Å². The Kier molecular flexibility index (Phi) is 7.43. The van der Waals surface area contributed by atoms with Crippen molar-refractivity contribution in [1.29, 1.82) is 0 Å². The van der Waals surface area contributed by atoms with Crippen molar-refractivity contribution in [3.05, 3.63) is 108 Å². The highest BCUT2D eigenvalue weighted by Crippen LogP contribution is 2.36. The fraction of sp³-hybridized carbons (Fsp3) is 0.133. The molecule has 2 N–H and O–H groups in total. The third-order valence-corrected chi connectivity index (χ3v) is 5.45. The SMILES string of the molecule is CC(=CCO)c1ccc(Oc2cccc3c(Oc4ccc(C=CC(C)O)cc4)cccc23)cc1. The second-order valence-electron chi connectivity index (χ2n) is 8.07. The van der Waals surface area contributed by atoms with E-state index >= 15 is 0 Å². The maximum absolute atomic E-state index is 9.40. The van der Waals surface area contributed by atoms with Gasteiger partial charge in [-0.3, -0.25) is 0 Å². The minimum Gasteiger partial charge on any atom is -0.457 e. The molecule has 0 amide bonds. The Morgan fingerprint density at radius 3 is 1.82 bits per heavy atom. The lowest BCUT2D eigenvalue weighted by atomic mass is 10.1. The summed E-state index contributed by atoms with van der Waals surface area (Å²) in [6.45, 7) is 3.71. The number of hydrogen-bond donors (Lipinski definition) is 2. The number of aliphatic hydroxyl groups is 2. The zero-order valence-electron chi connectivity index (χ0n) is 19.3. The molecule has 4 aromatic rings. The molecule has 0 aromatic heterocycles. The largest absolute Gasteiger partial charge is 0.457 e. The molecule has 0 radical (unpaired) electrons. The van der Waals surface area contributed by atoms with Crippen molar-refractivity contribution in [2.45, 2.75) is 20.0 Å². The highest BCUT2D eigenvalue weighted by Gasteiger charge is 2.09. The minimum atomic E-state index is -0.479. The fourth-order valence-electron chi connectivity index (χ4n) is 3.62. The van der Waals surface area contributed by atoms with Gasteiger partial charge in [0.1, 0.15) is 23.0 Å². The van der Waals surface area contributed by atoms with Crippen LogP contribution in [0.2, 0.25) is 0 Å². The second kappa shape index (κ2) is 10.8. The average Bonchev–Trinajstić information content (AvgIpc) is 2.85. The average molecular weight is 453 g/mol. The van der Waals surface area contributed by atoms with Crippen molar-refractivity contribution in [3.63, 3.8) is 0 Å². The van der Waals surface area contributed by atoms with Crippen molar-refractivity contribution in [3.8, 4) is 23.0 Å². The summed E-state index contributed by atoms with van der Waals surface area (Å²) in [5.74, 6) is 2.96. The van der Waals surface area contributed by atoms with Gasteiger partial charge in [0.25, 0.3) is 0 Å². The number of ether oxygens (including phenoxy) is 2.